The van der Waals surface area contributed by atoms with Crippen molar-refractivity contribution in [1.82, 2.24) is 15.3 Å². The van der Waals surface area contributed by atoms with Crippen molar-refractivity contribution in [1.29, 1.82) is 5.41 Å². The van der Waals surface area contributed by atoms with Gasteiger partial charge < -0.3 is 15.6 Å². The van der Waals surface area contributed by atoms with Crippen molar-refractivity contribution in [2.24, 2.45) is 0 Å². The van der Waals surface area contributed by atoms with Crippen molar-refractivity contribution in [3.63, 3.8) is 0 Å². The number of nitrogens with one attached hydrogen (secondary N) is 2. The largest absolute Gasteiger partial charge is 0.393 e. The van der Waals surface area contributed by atoms with Gasteiger partial charge in [0.1, 0.15) is 5.82 Å². The van der Waals surface area contributed by atoms with Gasteiger partial charge in [-0.1, -0.05) is 0 Å². The smallest absolute Gasteiger partial charge is 0.131 e. The maximum absolute atomic E-state index is 7.54. The van der Waals surface area contributed by atoms with E-state index in [4.69, 9.17) is 5.41 Å². The topological polar surface area (TPSA) is 64.9 Å². The molecule has 5 nitrogen and oxygen atoms in total. The van der Waals surface area contributed by atoms with Crippen LogP contribution in [0.5, 0.6) is 0 Å². The SMILES string of the molecule is CN/C=C(\C=N)c1cncc(-c2cnc3c(c2)CCCN3C)c1. The summed E-state index contributed by atoms with van der Waals surface area (Å²) in [5.74, 6) is 1.08. The van der Waals surface area contributed by atoms with Gasteiger partial charge >= 0.3 is 0 Å². The molecule has 1 aliphatic rings. The molecule has 0 saturated heterocycles. The molecule has 0 radical (unpaired) electrons. The number of hydrogen-bond acceptors (Lipinski definition) is 5. The number of pyridine rings is 2. The molecular formula is C18H21N5. The minimum Gasteiger partial charge on any atom is -0.393 e. The second-order valence-electron chi connectivity index (χ2n) is 5.73. The van der Waals surface area contributed by atoms with E-state index in [2.05, 4.69) is 39.4 Å². The van der Waals surface area contributed by atoms with Crippen LogP contribution in [0.1, 0.15) is 17.5 Å². The third-order valence-electron chi connectivity index (χ3n) is 4.10. The van der Waals surface area contributed by atoms with Crippen molar-refractivity contribution in [3.05, 3.63) is 48.1 Å². The molecule has 2 N–H and O–H groups in total. The Bertz CT molecular complexity index is 751. The van der Waals surface area contributed by atoms with E-state index in [1.165, 1.54) is 11.8 Å². The number of allylic oxidation sites excluding steroid dienone is 1. The fraction of sp³-hybridized carbons (Fsp3) is 0.278. The third-order valence-corrected chi connectivity index (χ3v) is 4.10. The molecule has 0 aliphatic carbocycles. The van der Waals surface area contributed by atoms with Gasteiger partial charge in [0.15, 0.2) is 0 Å². The zero-order valence-corrected chi connectivity index (χ0v) is 13.5. The summed E-state index contributed by atoms with van der Waals surface area (Å²) in [6.07, 6.45) is 10.9. The Morgan fingerprint density at radius 1 is 1.26 bits per heavy atom. The van der Waals surface area contributed by atoms with E-state index in [0.717, 1.165) is 47.5 Å². The summed E-state index contributed by atoms with van der Waals surface area (Å²) in [5.41, 5.74) is 5.10. The lowest BCUT2D eigenvalue weighted by molar-refractivity contribution is 0.731. The zero-order chi connectivity index (χ0) is 16.2. The highest BCUT2D eigenvalue weighted by atomic mass is 15.2. The van der Waals surface area contributed by atoms with E-state index in [-0.39, 0.29) is 0 Å². The van der Waals surface area contributed by atoms with Crippen LogP contribution in [0.25, 0.3) is 16.7 Å². The summed E-state index contributed by atoms with van der Waals surface area (Å²) in [6.45, 7) is 1.06. The highest BCUT2D eigenvalue weighted by Crippen LogP contribution is 2.29. The van der Waals surface area contributed by atoms with E-state index in [1.54, 1.807) is 12.4 Å². The zero-order valence-electron chi connectivity index (χ0n) is 13.5. The summed E-state index contributed by atoms with van der Waals surface area (Å²) >= 11 is 0. The fourth-order valence-corrected chi connectivity index (χ4v) is 2.92. The van der Waals surface area contributed by atoms with Crippen LogP contribution in [0, 0.1) is 5.41 Å². The fourth-order valence-electron chi connectivity index (χ4n) is 2.92. The highest BCUT2D eigenvalue weighted by Gasteiger charge is 2.16. The molecule has 0 atom stereocenters. The number of hydrogen-bond donors (Lipinski definition) is 2. The van der Waals surface area contributed by atoms with E-state index in [1.807, 2.05) is 19.4 Å². The van der Waals surface area contributed by atoms with E-state index >= 15 is 0 Å². The molecule has 1 aliphatic heterocycles. The van der Waals surface area contributed by atoms with Crippen LogP contribution in [0.15, 0.2) is 36.9 Å². The van der Waals surface area contributed by atoms with E-state index in [9.17, 15) is 0 Å². The molecule has 0 spiro atoms. The number of rotatable bonds is 4. The third kappa shape index (κ3) is 3.08. The van der Waals surface area contributed by atoms with Crippen LogP contribution in [0.2, 0.25) is 0 Å². The van der Waals surface area contributed by atoms with Crippen LogP contribution in [0.3, 0.4) is 0 Å². The van der Waals surface area contributed by atoms with Crippen molar-refractivity contribution in [2.45, 2.75) is 12.8 Å². The van der Waals surface area contributed by atoms with Gasteiger partial charge in [-0.15, -0.1) is 0 Å². The van der Waals surface area contributed by atoms with E-state index < -0.39 is 0 Å². The van der Waals surface area contributed by atoms with Crippen LogP contribution in [-0.4, -0.2) is 36.8 Å². The van der Waals surface area contributed by atoms with Gasteiger partial charge in [0.2, 0.25) is 0 Å². The van der Waals surface area contributed by atoms with Crippen LogP contribution in [-0.2, 0) is 6.42 Å². The Kier molecular flexibility index (Phi) is 4.37. The van der Waals surface area contributed by atoms with Gasteiger partial charge in [-0.2, -0.15) is 0 Å². The molecule has 23 heavy (non-hydrogen) atoms. The van der Waals surface area contributed by atoms with E-state index in [0.29, 0.717) is 0 Å². The van der Waals surface area contributed by atoms with Crippen molar-refractivity contribution < 1.29 is 0 Å². The molecule has 5 heteroatoms. The second-order valence-corrected chi connectivity index (χ2v) is 5.73. The predicted octanol–water partition coefficient (Wildman–Crippen LogP) is 2.74. The summed E-state index contributed by atoms with van der Waals surface area (Å²) in [4.78, 5) is 11.2. The summed E-state index contributed by atoms with van der Waals surface area (Å²) in [6, 6.07) is 4.27. The maximum Gasteiger partial charge on any atom is 0.131 e. The molecule has 118 valence electrons. The lowest BCUT2D eigenvalue weighted by atomic mass is 10.00. The molecule has 0 fully saturated rings. The average molecular weight is 307 g/mol. The molecule has 3 rings (SSSR count). The monoisotopic (exact) mass is 307 g/mol. The van der Waals surface area contributed by atoms with Crippen LogP contribution in [0.4, 0.5) is 5.82 Å². The van der Waals surface area contributed by atoms with Gasteiger partial charge in [0, 0.05) is 73.9 Å². The van der Waals surface area contributed by atoms with Crippen LogP contribution >= 0.6 is 0 Å². The minimum atomic E-state index is 0.799. The Morgan fingerprint density at radius 2 is 2.09 bits per heavy atom. The lowest BCUT2D eigenvalue weighted by Crippen LogP contribution is -2.25. The molecule has 0 saturated carbocycles. The number of anilines is 1. The van der Waals surface area contributed by atoms with Crippen LogP contribution < -0.4 is 10.2 Å². The normalized spacial score (nSPS) is 14.3. The Labute approximate surface area is 136 Å². The van der Waals surface area contributed by atoms with Crippen molar-refractivity contribution in [2.75, 3.05) is 25.5 Å². The van der Waals surface area contributed by atoms with Gasteiger partial charge in [-0.05, 0) is 30.5 Å². The molecule has 0 bridgehead atoms. The first kappa shape index (κ1) is 15.2. The standard InChI is InChI=1S/C18H21N5/c1-20-9-17(8-19)15-7-14(10-21-11-15)16-6-13-4-3-5-23(2)18(13)22-12-16/h6-12,19-20H,3-5H2,1-2H3/b17-9+,19-8?. The van der Waals surface area contributed by atoms with Gasteiger partial charge in [-0.3, -0.25) is 4.98 Å². The quantitative estimate of drug-likeness (QED) is 0.853. The number of aryl methyl sites for hydroxylation is 1. The maximum atomic E-state index is 7.54. The molecule has 0 aromatic carbocycles. The first-order chi connectivity index (χ1) is 11.2. The van der Waals surface area contributed by atoms with Gasteiger partial charge in [0.05, 0.1) is 0 Å². The first-order valence-corrected chi connectivity index (χ1v) is 7.76. The average Bonchev–Trinajstić information content (AvgIpc) is 2.59. The summed E-state index contributed by atoms with van der Waals surface area (Å²) in [7, 11) is 3.91. The summed E-state index contributed by atoms with van der Waals surface area (Å²) in [5, 5.41) is 10.5. The molecule has 3 heterocycles. The molecule has 2 aromatic heterocycles. The first-order valence-electron chi connectivity index (χ1n) is 7.76. The van der Waals surface area contributed by atoms with Crippen molar-refractivity contribution in [3.8, 4) is 11.1 Å². The number of fused-ring (bicyclic) bond motifs is 1. The van der Waals surface area contributed by atoms with Gasteiger partial charge in [-0.25, -0.2) is 4.98 Å². The van der Waals surface area contributed by atoms with Gasteiger partial charge in [0.25, 0.3) is 0 Å². The molecule has 0 amide bonds. The molecule has 0 unspecified atom stereocenters. The Morgan fingerprint density at radius 3 is 2.87 bits per heavy atom. The molecule has 2 aromatic rings. The Balaban J connectivity index is 1.99. The second kappa shape index (κ2) is 6.60. The predicted molar refractivity (Wildman–Crippen MR) is 94.9 cm³/mol. The molecular weight excluding hydrogens is 286 g/mol. The highest BCUT2D eigenvalue weighted by molar-refractivity contribution is 6.08. The lowest BCUT2D eigenvalue weighted by Gasteiger charge is -2.26. The minimum absolute atomic E-state index is 0.799. The number of aromatic nitrogens is 2. The summed E-state index contributed by atoms with van der Waals surface area (Å²) < 4.78 is 0. The Hall–Kier alpha value is -2.69. The number of nitrogens with zero attached hydrogens (tertiary/aromatic N) is 3. The van der Waals surface area contributed by atoms with Crippen molar-refractivity contribution >= 4 is 17.6 Å².